The van der Waals surface area contributed by atoms with Crippen molar-refractivity contribution in [2.24, 2.45) is 5.92 Å². The largest absolute Gasteiger partial charge is 0.496 e. The van der Waals surface area contributed by atoms with Gasteiger partial charge in [0, 0.05) is 18.5 Å². The topological polar surface area (TPSA) is 147 Å². The van der Waals surface area contributed by atoms with Crippen LogP contribution in [0, 0.1) is 5.92 Å². The zero-order chi connectivity index (χ0) is 34.4. The molecule has 0 saturated heterocycles. The smallest absolute Gasteiger partial charge is 0.407 e. The van der Waals surface area contributed by atoms with Crippen LogP contribution in [-0.2, 0) is 25.5 Å². The van der Waals surface area contributed by atoms with Crippen molar-refractivity contribution < 1.29 is 38.1 Å². The van der Waals surface area contributed by atoms with Crippen molar-refractivity contribution in [3.05, 3.63) is 102 Å². The minimum absolute atomic E-state index is 0.0366. The fraction of sp³-hybridized carbons (Fsp3) is 0.306. The van der Waals surface area contributed by atoms with Gasteiger partial charge in [0.25, 0.3) is 5.91 Å². The van der Waals surface area contributed by atoms with Gasteiger partial charge in [-0.25, -0.2) is 14.6 Å². The first kappa shape index (κ1) is 33.7. The fourth-order valence-corrected chi connectivity index (χ4v) is 5.85. The van der Waals surface area contributed by atoms with E-state index in [0.29, 0.717) is 17.2 Å². The predicted molar refractivity (Wildman–Crippen MR) is 176 cm³/mol. The van der Waals surface area contributed by atoms with Crippen LogP contribution in [0.1, 0.15) is 46.9 Å². The standard InChI is InChI=1S/C36H38N4O8/c1-21(2)32(35(43)47-5)39-33(41)28(17-22-18-40(20-37-22)34(42)31-29(45-3)15-10-16-30(31)46-4)38-36(44)48-19-27-25-13-8-6-11-23(25)24-12-7-9-14-26(24)27/h6-16,18,20-21,27-28,32H,17,19H2,1-5H3,(H,38,44)(H,39,41)/t28-,32+/m1/s1. The highest BCUT2D eigenvalue weighted by molar-refractivity contribution is 6.01. The van der Waals surface area contributed by atoms with Crippen molar-refractivity contribution in [3.63, 3.8) is 0 Å². The van der Waals surface area contributed by atoms with Crippen LogP contribution in [0.3, 0.4) is 0 Å². The maximum atomic E-state index is 13.6. The Morgan fingerprint density at radius 1 is 0.833 bits per heavy atom. The molecule has 2 atom stereocenters. The summed E-state index contributed by atoms with van der Waals surface area (Å²) in [5.74, 6) is -1.62. The summed E-state index contributed by atoms with van der Waals surface area (Å²) >= 11 is 0. The lowest BCUT2D eigenvalue weighted by molar-refractivity contribution is -0.146. The third-order valence-corrected chi connectivity index (χ3v) is 8.30. The molecule has 12 nitrogen and oxygen atoms in total. The van der Waals surface area contributed by atoms with Crippen molar-refractivity contribution in [3.8, 4) is 22.6 Å². The maximum absolute atomic E-state index is 13.6. The second-order valence-corrected chi connectivity index (χ2v) is 11.6. The number of aromatic nitrogens is 2. The number of nitrogens with zero attached hydrogens (tertiary/aromatic N) is 2. The van der Waals surface area contributed by atoms with E-state index in [4.69, 9.17) is 18.9 Å². The van der Waals surface area contributed by atoms with Gasteiger partial charge in [-0.15, -0.1) is 0 Å². The van der Waals surface area contributed by atoms with Crippen LogP contribution in [-0.4, -0.2) is 73.4 Å². The zero-order valence-corrected chi connectivity index (χ0v) is 27.4. The first-order chi connectivity index (χ1) is 23.2. The molecule has 0 unspecified atom stereocenters. The molecule has 250 valence electrons. The van der Waals surface area contributed by atoms with Crippen LogP contribution >= 0.6 is 0 Å². The van der Waals surface area contributed by atoms with Gasteiger partial charge in [0.15, 0.2) is 0 Å². The summed E-state index contributed by atoms with van der Waals surface area (Å²) in [5.41, 5.74) is 4.75. The minimum Gasteiger partial charge on any atom is -0.496 e. The first-order valence-corrected chi connectivity index (χ1v) is 15.4. The summed E-state index contributed by atoms with van der Waals surface area (Å²) < 4.78 is 22.6. The molecule has 12 heteroatoms. The molecule has 4 aromatic rings. The number of rotatable bonds is 12. The summed E-state index contributed by atoms with van der Waals surface area (Å²) in [7, 11) is 4.13. The third-order valence-electron chi connectivity index (χ3n) is 8.30. The molecule has 0 aliphatic heterocycles. The van der Waals surface area contributed by atoms with Crippen molar-refractivity contribution in [1.82, 2.24) is 20.2 Å². The number of esters is 1. The maximum Gasteiger partial charge on any atom is 0.407 e. The predicted octanol–water partition coefficient (Wildman–Crippen LogP) is 4.35. The third kappa shape index (κ3) is 7.02. The number of benzene rings is 3. The monoisotopic (exact) mass is 654 g/mol. The van der Waals surface area contributed by atoms with E-state index in [0.717, 1.165) is 22.3 Å². The van der Waals surface area contributed by atoms with E-state index < -0.39 is 36.0 Å². The average molecular weight is 655 g/mol. The van der Waals surface area contributed by atoms with Crippen LogP contribution < -0.4 is 20.1 Å². The van der Waals surface area contributed by atoms with E-state index in [1.165, 1.54) is 38.4 Å². The number of hydrogen-bond donors (Lipinski definition) is 2. The molecule has 1 heterocycles. The van der Waals surface area contributed by atoms with Crippen LogP contribution in [0.15, 0.2) is 79.3 Å². The van der Waals surface area contributed by atoms with E-state index in [9.17, 15) is 19.2 Å². The zero-order valence-electron chi connectivity index (χ0n) is 27.4. The van der Waals surface area contributed by atoms with E-state index in [2.05, 4.69) is 15.6 Å². The Morgan fingerprint density at radius 2 is 1.44 bits per heavy atom. The Bertz CT molecular complexity index is 1750. The minimum atomic E-state index is -1.22. The quantitative estimate of drug-likeness (QED) is 0.213. The van der Waals surface area contributed by atoms with Gasteiger partial charge >= 0.3 is 12.1 Å². The van der Waals surface area contributed by atoms with Crippen molar-refractivity contribution in [2.75, 3.05) is 27.9 Å². The van der Waals surface area contributed by atoms with Crippen LogP contribution in [0.2, 0.25) is 0 Å². The molecule has 1 aromatic heterocycles. The molecule has 5 rings (SSSR count). The number of fused-ring (bicyclic) bond motifs is 3. The Kier molecular flexibility index (Phi) is 10.4. The van der Waals surface area contributed by atoms with E-state index in [1.807, 2.05) is 48.5 Å². The van der Waals surface area contributed by atoms with Gasteiger partial charge in [0.05, 0.1) is 27.0 Å². The number of alkyl carbamates (subject to hydrolysis) is 1. The molecule has 3 aromatic carbocycles. The lowest BCUT2D eigenvalue weighted by Crippen LogP contribution is -2.54. The molecule has 0 radical (unpaired) electrons. The number of carbonyl (C=O) groups is 4. The highest BCUT2D eigenvalue weighted by Crippen LogP contribution is 2.44. The van der Waals surface area contributed by atoms with E-state index >= 15 is 0 Å². The Hall–Kier alpha value is -5.65. The number of carbonyl (C=O) groups excluding carboxylic acids is 4. The number of nitrogens with one attached hydrogen (secondary N) is 2. The summed E-state index contributed by atoms with van der Waals surface area (Å²) in [4.78, 5) is 57.1. The lowest BCUT2D eigenvalue weighted by Gasteiger charge is -2.24. The molecular formula is C36H38N4O8. The Morgan fingerprint density at radius 3 is 2.00 bits per heavy atom. The molecule has 2 amide bonds. The first-order valence-electron chi connectivity index (χ1n) is 15.4. The summed E-state index contributed by atoms with van der Waals surface area (Å²) in [5, 5.41) is 5.33. The van der Waals surface area contributed by atoms with Gasteiger partial charge < -0.3 is 29.6 Å². The number of amides is 2. The molecular weight excluding hydrogens is 616 g/mol. The molecule has 0 spiro atoms. The molecule has 2 N–H and O–H groups in total. The molecule has 0 saturated carbocycles. The van der Waals surface area contributed by atoms with Crippen molar-refractivity contribution >= 4 is 23.9 Å². The summed E-state index contributed by atoms with van der Waals surface area (Å²) in [6.07, 6.45) is 1.81. The lowest BCUT2D eigenvalue weighted by atomic mass is 9.98. The SMILES string of the molecule is COC(=O)[C@@H](NC(=O)[C@@H](Cc1cn(C(=O)c2c(OC)cccc2OC)cn1)NC(=O)OCC1c2ccccc2-c2ccccc21)C(C)C. The van der Waals surface area contributed by atoms with Gasteiger partial charge in [-0.3, -0.25) is 14.2 Å². The van der Waals surface area contributed by atoms with E-state index in [1.54, 1.807) is 32.0 Å². The second kappa shape index (κ2) is 14.8. The van der Waals surface area contributed by atoms with Gasteiger partial charge in [0.1, 0.15) is 42.1 Å². The molecule has 0 fully saturated rings. The summed E-state index contributed by atoms with van der Waals surface area (Å²) in [6.45, 7) is 3.55. The second-order valence-electron chi connectivity index (χ2n) is 11.6. The van der Waals surface area contributed by atoms with Crippen LogP contribution in [0.25, 0.3) is 11.1 Å². The van der Waals surface area contributed by atoms with Crippen LogP contribution in [0.4, 0.5) is 4.79 Å². The van der Waals surface area contributed by atoms with Crippen molar-refractivity contribution in [2.45, 2.75) is 38.3 Å². The molecule has 1 aliphatic rings. The fourth-order valence-electron chi connectivity index (χ4n) is 5.85. The Labute approximate surface area is 278 Å². The van der Waals surface area contributed by atoms with Gasteiger partial charge in [-0.2, -0.15) is 0 Å². The molecule has 0 bridgehead atoms. The highest BCUT2D eigenvalue weighted by atomic mass is 16.5. The average Bonchev–Trinajstić information content (AvgIpc) is 3.70. The number of methoxy groups -OCH3 is 3. The number of imidazole rings is 1. The van der Waals surface area contributed by atoms with Gasteiger partial charge in [-0.1, -0.05) is 68.4 Å². The van der Waals surface area contributed by atoms with Gasteiger partial charge in [-0.05, 0) is 40.3 Å². The summed E-state index contributed by atoms with van der Waals surface area (Å²) in [6, 6.07) is 18.7. The number of ether oxygens (including phenoxy) is 4. The van der Waals surface area contributed by atoms with Crippen molar-refractivity contribution in [1.29, 1.82) is 0 Å². The number of hydrogen-bond acceptors (Lipinski definition) is 9. The molecule has 1 aliphatic carbocycles. The highest BCUT2D eigenvalue weighted by Gasteiger charge is 2.32. The van der Waals surface area contributed by atoms with Crippen LogP contribution in [0.5, 0.6) is 11.5 Å². The molecule has 48 heavy (non-hydrogen) atoms. The van der Waals surface area contributed by atoms with E-state index in [-0.39, 0.29) is 30.4 Å². The van der Waals surface area contributed by atoms with Gasteiger partial charge in [0.2, 0.25) is 5.91 Å². The Balaban J connectivity index is 1.35. The normalized spacial score (nSPS) is 13.1.